The van der Waals surface area contributed by atoms with Gasteiger partial charge in [0.1, 0.15) is 6.29 Å². The van der Waals surface area contributed by atoms with E-state index < -0.39 is 0 Å². The fraction of sp³-hybridized carbons (Fsp3) is 0.278. The summed E-state index contributed by atoms with van der Waals surface area (Å²) in [6.45, 7) is 8.54. The lowest BCUT2D eigenvalue weighted by Gasteiger charge is -2.18. The molecule has 2 aromatic rings. The van der Waals surface area contributed by atoms with Crippen LogP contribution in [0.15, 0.2) is 36.4 Å². The highest BCUT2D eigenvalue weighted by Gasteiger charge is 2.15. The van der Waals surface area contributed by atoms with Crippen LogP contribution in [0.3, 0.4) is 0 Å². The topological polar surface area (TPSA) is 17.1 Å². The maximum absolute atomic E-state index is 11.2. The van der Waals surface area contributed by atoms with Crippen LogP contribution in [0, 0.1) is 13.8 Å². The van der Waals surface area contributed by atoms with Crippen molar-refractivity contribution in [1.82, 2.24) is 0 Å². The molecule has 0 amide bonds. The summed E-state index contributed by atoms with van der Waals surface area (Å²) in [6.07, 6.45) is 0.946. The molecular formula is C18H20O. The van der Waals surface area contributed by atoms with Crippen LogP contribution in [0.4, 0.5) is 0 Å². The number of hydrogen-bond donors (Lipinski definition) is 0. The average molecular weight is 252 g/mol. The smallest absolute Gasteiger partial charge is 0.150 e. The third-order valence-electron chi connectivity index (χ3n) is 3.70. The Bertz CT molecular complexity index is 609. The van der Waals surface area contributed by atoms with Crippen molar-refractivity contribution in [2.45, 2.75) is 33.6 Å². The summed E-state index contributed by atoms with van der Waals surface area (Å²) in [7, 11) is 0. The number of aldehydes is 1. The minimum atomic E-state index is 0.439. The Labute approximate surface area is 115 Å². The van der Waals surface area contributed by atoms with Crippen molar-refractivity contribution < 1.29 is 4.79 Å². The molecule has 0 aliphatic rings. The molecule has 2 aromatic carbocycles. The van der Waals surface area contributed by atoms with Crippen LogP contribution >= 0.6 is 0 Å². The van der Waals surface area contributed by atoms with Crippen LogP contribution in [0.5, 0.6) is 0 Å². The first kappa shape index (κ1) is 13.5. The van der Waals surface area contributed by atoms with E-state index in [1.165, 1.54) is 22.3 Å². The molecule has 19 heavy (non-hydrogen) atoms. The molecular weight excluding hydrogens is 232 g/mol. The van der Waals surface area contributed by atoms with Crippen molar-refractivity contribution in [3.63, 3.8) is 0 Å². The third kappa shape index (κ3) is 2.46. The highest BCUT2D eigenvalue weighted by atomic mass is 16.1. The van der Waals surface area contributed by atoms with Gasteiger partial charge in [0.05, 0.1) is 0 Å². The normalized spacial score (nSPS) is 10.8. The van der Waals surface area contributed by atoms with Gasteiger partial charge in [0.2, 0.25) is 0 Å². The summed E-state index contributed by atoms with van der Waals surface area (Å²) in [4.78, 5) is 11.2. The second-order valence-electron chi connectivity index (χ2n) is 5.33. The molecule has 0 saturated carbocycles. The summed E-state index contributed by atoms with van der Waals surface area (Å²) in [6, 6.07) is 12.4. The predicted molar refractivity (Wildman–Crippen MR) is 80.8 cm³/mol. The highest BCUT2D eigenvalue weighted by molar-refractivity contribution is 5.85. The molecule has 0 atom stereocenters. The van der Waals surface area contributed by atoms with Gasteiger partial charge in [-0.05, 0) is 47.6 Å². The first-order chi connectivity index (χ1) is 9.06. The zero-order valence-corrected chi connectivity index (χ0v) is 12.0. The van der Waals surface area contributed by atoms with Crippen LogP contribution in [-0.2, 0) is 0 Å². The van der Waals surface area contributed by atoms with Gasteiger partial charge in [0, 0.05) is 5.56 Å². The van der Waals surface area contributed by atoms with Gasteiger partial charge in [-0.2, -0.15) is 0 Å². The van der Waals surface area contributed by atoms with E-state index in [0.29, 0.717) is 5.92 Å². The van der Waals surface area contributed by atoms with Crippen LogP contribution in [0.25, 0.3) is 11.1 Å². The number of carbonyl (C=O) groups excluding carboxylic acids is 1. The second-order valence-corrected chi connectivity index (χ2v) is 5.33. The molecule has 0 N–H and O–H groups in total. The lowest BCUT2D eigenvalue weighted by atomic mass is 9.85. The highest BCUT2D eigenvalue weighted by Crippen LogP contribution is 2.35. The molecule has 0 saturated heterocycles. The minimum Gasteiger partial charge on any atom is -0.298 e. The summed E-state index contributed by atoms with van der Waals surface area (Å²) >= 11 is 0. The zero-order chi connectivity index (χ0) is 14.0. The molecule has 1 nitrogen and oxygen atoms in total. The first-order valence-corrected chi connectivity index (χ1v) is 6.71. The standard InChI is InChI=1S/C18H20O/c1-12(2)16-10-9-15(11-19)14(4)18(16)17-8-6-5-7-13(17)3/h5-12H,1-4H3. The Balaban J connectivity index is 2.79. The van der Waals surface area contributed by atoms with Crippen molar-refractivity contribution in [2.75, 3.05) is 0 Å². The molecule has 0 radical (unpaired) electrons. The van der Waals surface area contributed by atoms with Gasteiger partial charge in [0.15, 0.2) is 0 Å². The Kier molecular flexibility index (Phi) is 3.84. The molecule has 98 valence electrons. The van der Waals surface area contributed by atoms with Gasteiger partial charge in [-0.1, -0.05) is 50.2 Å². The lowest BCUT2D eigenvalue weighted by Crippen LogP contribution is -2.00. The average Bonchev–Trinajstić information content (AvgIpc) is 2.39. The molecule has 0 aliphatic heterocycles. The number of carbonyl (C=O) groups is 1. The van der Waals surface area contributed by atoms with Crippen molar-refractivity contribution in [1.29, 1.82) is 0 Å². The van der Waals surface area contributed by atoms with Crippen molar-refractivity contribution in [2.24, 2.45) is 0 Å². The summed E-state index contributed by atoms with van der Waals surface area (Å²) in [5, 5.41) is 0. The molecule has 0 bridgehead atoms. The third-order valence-corrected chi connectivity index (χ3v) is 3.70. The van der Waals surface area contributed by atoms with Gasteiger partial charge in [-0.25, -0.2) is 0 Å². The first-order valence-electron chi connectivity index (χ1n) is 6.71. The molecule has 0 spiro atoms. The molecule has 0 aromatic heterocycles. The monoisotopic (exact) mass is 252 g/mol. The zero-order valence-electron chi connectivity index (χ0n) is 12.0. The van der Waals surface area contributed by atoms with E-state index in [4.69, 9.17) is 0 Å². The molecule has 0 fully saturated rings. The Hall–Kier alpha value is -1.89. The second kappa shape index (κ2) is 5.40. The molecule has 1 heteroatoms. The van der Waals surface area contributed by atoms with Gasteiger partial charge >= 0.3 is 0 Å². The molecule has 2 rings (SSSR count). The SMILES string of the molecule is Cc1ccccc1-c1c(C(C)C)ccc(C=O)c1C. The molecule has 0 unspecified atom stereocenters. The maximum atomic E-state index is 11.2. The number of hydrogen-bond acceptors (Lipinski definition) is 1. The Morgan fingerprint density at radius 1 is 1.00 bits per heavy atom. The van der Waals surface area contributed by atoms with E-state index in [9.17, 15) is 4.79 Å². The minimum absolute atomic E-state index is 0.439. The van der Waals surface area contributed by atoms with Crippen molar-refractivity contribution >= 4 is 6.29 Å². The van der Waals surface area contributed by atoms with Crippen LogP contribution in [-0.4, -0.2) is 6.29 Å². The number of rotatable bonds is 3. The summed E-state index contributed by atoms with van der Waals surface area (Å²) in [5.74, 6) is 0.439. The fourth-order valence-electron chi connectivity index (χ4n) is 2.57. The van der Waals surface area contributed by atoms with E-state index in [1.807, 2.05) is 19.1 Å². The lowest BCUT2D eigenvalue weighted by molar-refractivity contribution is 0.112. The van der Waals surface area contributed by atoms with Gasteiger partial charge < -0.3 is 0 Å². The predicted octanol–water partition coefficient (Wildman–Crippen LogP) is 4.91. The van der Waals surface area contributed by atoms with Crippen LogP contribution in [0.2, 0.25) is 0 Å². The maximum Gasteiger partial charge on any atom is 0.150 e. The Morgan fingerprint density at radius 3 is 2.26 bits per heavy atom. The van der Waals surface area contributed by atoms with Crippen LogP contribution < -0.4 is 0 Å². The van der Waals surface area contributed by atoms with Crippen LogP contribution in [0.1, 0.15) is 46.8 Å². The van der Waals surface area contributed by atoms with E-state index in [0.717, 1.165) is 17.4 Å². The largest absolute Gasteiger partial charge is 0.298 e. The molecule has 0 aliphatic carbocycles. The Morgan fingerprint density at radius 2 is 1.68 bits per heavy atom. The van der Waals surface area contributed by atoms with E-state index in [1.54, 1.807) is 0 Å². The summed E-state index contributed by atoms with van der Waals surface area (Å²) < 4.78 is 0. The quantitative estimate of drug-likeness (QED) is 0.710. The number of benzene rings is 2. The van der Waals surface area contributed by atoms with E-state index in [2.05, 4.69) is 45.0 Å². The van der Waals surface area contributed by atoms with Gasteiger partial charge in [-0.15, -0.1) is 0 Å². The molecule has 0 heterocycles. The van der Waals surface area contributed by atoms with Crippen molar-refractivity contribution in [3.8, 4) is 11.1 Å². The van der Waals surface area contributed by atoms with Gasteiger partial charge in [-0.3, -0.25) is 4.79 Å². The van der Waals surface area contributed by atoms with E-state index in [-0.39, 0.29) is 0 Å². The van der Waals surface area contributed by atoms with Crippen molar-refractivity contribution in [3.05, 3.63) is 58.7 Å². The van der Waals surface area contributed by atoms with Gasteiger partial charge in [0.25, 0.3) is 0 Å². The summed E-state index contributed by atoms with van der Waals surface area (Å²) in [5.41, 5.74) is 6.86. The fourth-order valence-corrected chi connectivity index (χ4v) is 2.57. The van der Waals surface area contributed by atoms with E-state index >= 15 is 0 Å². The number of aryl methyl sites for hydroxylation is 1.